The molecule has 0 aliphatic rings. The molecule has 1 heterocycles. The van der Waals surface area contributed by atoms with E-state index in [4.69, 9.17) is 4.74 Å². The van der Waals surface area contributed by atoms with Crippen LogP contribution in [-0.2, 0) is 13.0 Å². The third-order valence-corrected chi connectivity index (χ3v) is 3.76. The molecular weight excluding hydrogens is 265 g/mol. The monoisotopic (exact) mass is 279 g/mol. The molecule has 5 heteroatoms. The maximum atomic E-state index is 13.4. The number of carbonyl (C=O) groups excluding carboxylic acids is 1. The van der Waals surface area contributed by atoms with Crippen molar-refractivity contribution in [2.24, 2.45) is 0 Å². The van der Waals surface area contributed by atoms with Crippen molar-refractivity contribution in [2.75, 3.05) is 0 Å². The number of para-hydroxylation sites is 1. The minimum Gasteiger partial charge on any atom is -0.483 e. The van der Waals surface area contributed by atoms with Crippen LogP contribution in [0.5, 0.6) is 5.75 Å². The van der Waals surface area contributed by atoms with Crippen LogP contribution in [0.4, 0.5) is 4.39 Å². The molecule has 1 aromatic heterocycles. The molecule has 0 radical (unpaired) electrons. The van der Waals surface area contributed by atoms with Crippen LogP contribution in [0.25, 0.3) is 0 Å². The molecule has 3 nitrogen and oxygen atoms in total. The number of aromatic nitrogens is 1. The van der Waals surface area contributed by atoms with Gasteiger partial charge in [-0.2, -0.15) is 0 Å². The number of nitrogens with zero attached hydrogens (tertiary/aromatic N) is 1. The molecule has 2 rings (SSSR count). The Morgan fingerprint density at radius 3 is 2.74 bits per heavy atom. The summed E-state index contributed by atoms with van der Waals surface area (Å²) in [5, 5.41) is 0.685. The summed E-state index contributed by atoms with van der Waals surface area (Å²) < 4.78 is 18.8. The van der Waals surface area contributed by atoms with Gasteiger partial charge in [-0.3, -0.25) is 4.79 Å². The Morgan fingerprint density at radius 1 is 1.42 bits per heavy atom. The van der Waals surface area contributed by atoms with Crippen LogP contribution in [0.1, 0.15) is 34.2 Å². The standard InChI is InChI=1S/C14H14FNO2S/c1-3-11-14(9(2)17)19-13(16-11)8-18-12-7-5-4-6-10(12)15/h4-7H,3,8H2,1-2H3. The van der Waals surface area contributed by atoms with Gasteiger partial charge >= 0.3 is 0 Å². The molecule has 100 valence electrons. The summed E-state index contributed by atoms with van der Waals surface area (Å²) >= 11 is 1.31. The van der Waals surface area contributed by atoms with E-state index < -0.39 is 5.82 Å². The van der Waals surface area contributed by atoms with Crippen LogP contribution in [0, 0.1) is 5.82 Å². The first-order valence-corrected chi connectivity index (χ1v) is 6.80. The zero-order valence-corrected chi connectivity index (χ0v) is 11.6. The van der Waals surface area contributed by atoms with Crippen molar-refractivity contribution in [3.05, 3.63) is 45.7 Å². The summed E-state index contributed by atoms with van der Waals surface area (Å²) in [6.07, 6.45) is 0.700. The lowest BCUT2D eigenvalue weighted by molar-refractivity contribution is 0.102. The minimum absolute atomic E-state index is 0.00601. The van der Waals surface area contributed by atoms with Crippen molar-refractivity contribution in [1.82, 2.24) is 4.98 Å². The number of ketones is 1. The molecule has 0 aliphatic heterocycles. The Bertz CT molecular complexity index is 595. The van der Waals surface area contributed by atoms with Crippen molar-refractivity contribution >= 4 is 17.1 Å². The highest BCUT2D eigenvalue weighted by Gasteiger charge is 2.14. The molecule has 0 saturated carbocycles. The molecule has 1 aromatic carbocycles. The minimum atomic E-state index is -0.401. The fourth-order valence-electron chi connectivity index (χ4n) is 1.68. The van der Waals surface area contributed by atoms with Crippen molar-refractivity contribution in [3.8, 4) is 5.75 Å². The maximum Gasteiger partial charge on any atom is 0.171 e. The third kappa shape index (κ3) is 3.17. The van der Waals surface area contributed by atoms with Crippen LogP contribution < -0.4 is 4.74 Å². The number of ether oxygens (including phenoxy) is 1. The SMILES string of the molecule is CCc1nc(COc2ccccc2F)sc1C(C)=O. The highest BCUT2D eigenvalue weighted by atomic mass is 32.1. The lowest BCUT2D eigenvalue weighted by Crippen LogP contribution is -1.97. The first kappa shape index (κ1) is 13.7. The number of aryl methyl sites for hydroxylation is 1. The van der Waals surface area contributed by atoms with Gasteiger partial charge in [-0.1, -0.05) is 19.1 Å². The van der Waals surface area contributed by atoms with Gasteiger partial charge in [-0.25, -0.2) is 9.37 Å². The normalized spacial score (nSPS) is 10.5. The van der Waals surface area contributed by atoms with E-state index in [2.05, 4.69) is 4.98 Å². The van der Waals surface area contributed by atoms with Crippen LogP contribution >= 0.6 is 11.3 Å². The van der Waals surface area contributed by atoms with Gasteiger partial charge in [0.05, 0.1) is 10.6 Å². The Labute approximate surface area is 115 Å². The molecule has 0 N–H and O–H groups in total. The van der Waals surface area contributed by atoms with E-state index in [0.29, 0.717) is 16.3 Å². The average molecular weight is 279 g/mol. The van der Waals surface area contributed by atoms with Gasteiger partial charge in [0.2, 0.25) is 0 Å². The van der Waals surface area contributed by atoms with Crippen LogP contribution in [-0.4, -0.2) is 10.8 Å². The first-order valence-electron chi connectivity index (χ1n) is 5.98. The van der Waals surface area contributed by atoms with Crippen LogP contribution in [0.3, 0.4) is 0 Å². The van der Waals surface area contributed by atoms with E-state index in [0.717, 1.165) is 5.69 Å². The second kappa shape index (κ2) is 5.93. The Hall–Kier alpha value is -1.75. The summed E-state index contributed by atoms with van der Waals surface area (Å²) in [6.45, 7) is 3.64. The molecule has 0 atom stereocenters. The topological polar surface area (TPSA) is 39.2 Å². The molecule has 0 saturated heterocycles. The van der Waals surface area contributed by atoms with Crippen molar-refractivity contribution in [2.45, 2.75) is 26.9 Å². The Kier molecular flexibility index (Phi) is 4.27. The highest BCUT2D eigenvalue weighted by molar-refractivity contribution is 7.13. The van der Waals surface area contributed by atoms with Crippen molar-refractivity contribution < 1.29 is 13.9 Å². The van der Waals surface area contributed by atoms with Gasteiger partial charge in [0, 0.05) is 6.92 Å². The zero-order valence-electron chi connectivity index (χ0n) is 10.8. The Balaban J connectivity index is 2.12. The summed E-state index contributed by atoms with van der Waals surface area (Å²) in [5.74, 6) is -0.201. The Morgan fingerprint density at radius 2 is 2.16 bits per heavy atom. The number of halogens is 1. The second-order valence-electron chi connectivity index (χ2n) is 4.01. The van der Waals surface area contributed by atoms with E-state index in [1.165, 1.54) is 24.3 Å². The van der Waals surface area contributed by atoms with Crippen molar-refractivity contribution in [3.63, 3.8) is 0 Å². The molecule has 0 unspecified atom stereocenters. The number of benzene rings is 1. The smallest absolute Gasteiger partial charge is 0.171 e. The maximum absolute atomic E-state index is 13.4. The van der Waals surface area contributed by atoms with Gasteiger partial charge in [0.15, 0.2) is 17.3 Å². The predicted molar refractivity (Wildman–Crippen MR) is 72.2 cm³/mol. The van der Waals surface area contributed by atoms with Gasteiger partial charge in [-0.05, 0) is 18.6 Å². The third-order valence-electron chi connectivity index (χ3n) is 2.58. The second-order valence-corrected chi connectivity index (χ2v) is 5.10. The first-order chi connectivity index (χ1) is 9.11. The number of Topliss-reactive ketones (excluding diaryl/α,β-unsaturated/α-hetero) is 1. The van der Waals surface area contributed by atoms with E-state index in [9.17, 15) is 9.18 Å². The summed E-state index contributed by atoms with van der Waals surface area (Å²) in [4.78, 5) is 16.4. The van der Waals surface area contributed by atoms with Gasteiger partial charge in [0.25, 0.3) is 0 Å². The summed E-state index contributed by atoms with van der Waals surface area (Å²) in [5.41, 5.74) is 0.782. The average Bonchev–Trinajstić information content (AvgIpc) is 2.81. The fraction of sp³-hybridized carbons (Fsp3) is 0.286. The van der Waals surface area contributed by atoms with Crippen molar-refractivity contribution in [1.29, 1.82) is 0 Å². The molecule has 0 fully saturated rings. The molecule has 0 amide bonds. The quantitative estimate of drug-likeness (QED) is 0.785. The van der Waals surface area contributed by atoms with Gasteiger partial charge < -0.3 is 4.74 Å². The largest absolute Gasteiger partial charge is 0.483 e. The highest BCUT2D eigenvalue weighted by Crippen LogP contribution is 2.22. The molecule has 0 aliphatic carbocycles. The molecule has 0 spiro atoms. The van der Waals surface area contributed by atoms with Crippen LogP contribution in [0.2, 0.25) is 0 Å². The molecule has 2 aromatic rings. The van der Waals surface area contributed by atoms with E-state index >= 15 is 0 Å². The van der Waals surface area contributed by atoms with E-state index in [-0.39, 0.29) is 18.1 Å². The molecular formula is C14H14FNO2S. The fourth-order valence-corrected chi connectivity index (χ4v) is 2.64. The van der Waals surface area contributed by atoms with Gasteiger partial charge in [-0.15, -0.1) is 11.3 Å². The molecule has 0 bridgehead atoms. The lowest BCUT2D eigenvalue weighted by Gasteiger charge is -2.04. The number of hydrogen-bond donors (Lipinski definition) is 0. The van der Waals surface area contributed by atoms with Crippen LogP contribution in [0.15, 0.2) is 24.3 Å². The number of hydrogen-bond acceptors (Lipinski definition) is 4. The predicted octanol–water partition coefficient (Wildman–Crippen LogP) is 3.63. The van der Waals surface area contributed by atoms with Gasteiger partial charge in [0.1, 0.15) is 11.6 Å². The number of thiazole rings is 1. The summed E-state index contributed by atoms with van der Waals surface area (Å²) in [6, 6.07) is 6.22. The zero-order chi connectivity index (χ0) is 13.8. The summed E-state index contributed by atoms with van der Waals surface area (Å²) in [7, 11) is 0. The van der Waals surface area contributed by atoms with E-state index in [1.807, 2.05) is 6.92 Å². The molecule has 19 heavy (non-hydrogen) atoms. The number of rotatable bonds is 5. The number of carbonyl (C=O) groups is 1. The lowest BCUT2D eigenvalue weighted by atomic mass is 10.2. The van der Waals surface area contributed by atoms with E-state index in [1.54, 1.807) is 18.2 Å².